The number of aromatic nitrogens is 2. The number of alkyl halides is 1. The first-order valence-electron chi connectivity index (χ1n) is 3.66. The molecule has 1 N–H and O–H groups in total. The lowest BCUT2D eigenvalue weighted by Crippen LogP contribution is -2.12. The fourth-order valence-corrected chi connectivity index (χ4v) is 0.796. The molecule has 1 rings (SSSR count). The van der Waals surface area contributed by atoms with E-state index in [2.05, 4.69) is 10.2 Å². The molecule has 0 aromatic carbocycles. The molecule has 0 saturated carbocycles. The summed E-state index contributed by atoms with van der Waals surface area (Å²) < 4.78 is 13.3. The number of carboxylic acids is 1. The van der Waals surface area contributed by atoms with E-state index in [4.69, 9.17) is 5.11 Å². The van der Waals surface area contributed by atoms with Gasteiger partial charge in [0.1, 0.15) is 5.67 Å². The van der Waals surface area contributed by atoms with E-state index in [9.17, 15) is 9.18 Å². The van der Waals surface area contributed by atoms with E-state index in [1.54, 1.807) is 0 Å². The Bertz CT molecular complexity index is 333. The zero-order valence-corrected chi connectivity index (χ0v) is 7.28. The third-order valence-corrected chi connectivity index (χ3v) is 1.56. The van der Waals surface area contributed by atoms with Gasteiger partial charge in [-0.05, 0) is 19.9 Å². The summed E-state index contributed by atoms with van der Waals surface area (Å²) in [7, 11) is 0. The summed E-state index contributed by atoms with van der Waals surface area (Å²) in [5.41, 5.74) is -1.64. The SMILES string of the molecule is CC(C)(F)c1cnnc(C(=O)O)c1. The minimum absolute atomic E-state index is 0.208. The molecular formula is C8H9FN2O2. The molecule has 1 aromatic rings. The second-order valence-electron chi connectivity index (χ2n) is 3.11. The number of hydrogen-bond donors (Lipinski definition) is 1. The van der Waals surface area contributed by atoms with Crippen molar-refractivity contribution in [1.29, 1.82) is 0 Å². The highest BCUT2D eigenvalue weighted by molar-refractivity contribution is 5.85. The first-order valence-corrected chi connectivity index (χ1v) is 3.66. The fourth-order valence-electron chi connectivity index (χ4n) is 0.796. The predicted molar refractivity (Wildman–Crippen MR) is 43.1 cm³/mol. The fraction of sp³-hybridized carbons (Fsp3) is 0.375. The maximum atomic E-state index is 13.3. The molecule has 1 aromatic heterocycles. The van der Waals surface area contributed by atoms with Crippen LogP contribution in [-0.4, -0.2) is 21.3 Å². The predicted octanol–water partition coefficient (Wildman–Crippen LogP) is 1.38. The van der Waals surface area contributed by atoms with Crippen LogP contribution in [0.1, 0.15) is 29.9 Å². The Morgan fingerprint density at radius 1 is 1.62 bits per heavy atom. The van der Waals surface area contributed by atoms with Crippen molar-refractivity contribution in [1.82, 2.24) is 10.2 Å². The summed E-state index contributed by atoms with van der Waals surface area (Å²) in [6.45, 7) is 2.66. The zero-order valence-electron chi connectivity index (χ0n) is 7.28. The molecule has 0 radical (unpaired) electrons. The maximum absolute atomic E-state index is 13.3. The smallest absolute Gasteiger partial charge is 0.356 e. The summed E-state index contributed by atoms with van der Waals surface area (Å²) in [6, 6.07) is 1.18. The number of rotatable bonds is 2. The van der Waals surface area contributed by atoms with E-state index in [-0.39, 0.29) is 11.3 Å². The van der Waals surface area contributed by atoms with Crippen LogP contribution in [0.2, 0.25) is 0 Å². The lowest BCUT2D eigenvalue weighted by atomic mass is 10.0. The molecule has 1 heterocycles. The van der Waals surface area contributed by atoms with Crippen molar-refractivity contribution >= 4 is 5.97 Å². The van der Waals surface area contributed by atoms with Gasteiger partial charge in [0.15, 0.2) is 5.69 Å². The molecule has 0 aliphatic heterocycles. The van der Waals surface area contributed by atoms with Crippen LogP contribution >= 0.6 is 0 Å². The Morgan fingerprint density at radius 2 is 2.23 bits per heavy atom. The number of nitrogens with zero attached hydrogens (tertiary/aromatic N) is 2. The number of aromatic carboxylic acids is 1. The van der Waals surface area contributed by atoms with Gasteiger partial charge in [-0.1, -0.05) is 0 Å². The van der Waals surface area contributed by atoms with Crippen LogP contribution in [0.5, 0.6) is 0 Å². The van der Waals surface area contributed by atoms with Crippen LogP contribution in [0.25, 0.3) is 0 Å². The Kier molecular flexibility index (Phi) is 2.27. The highest BCUT2D eigenvalue weighted by Gasteiger charge is 2.21. The highest BCUT2D eigenvalue weighted by Crippen LogP contribution is 2.23. The van der Waals surface area contributed by atoms with E-state index >= 15 is 0 Å². The van der Waals surface area contributed by atoms with Gasteiger partial charge in [-0.3, -0.25) is 0 Å². The Hall–Kier alpha value is -1.52. The van der Waals surface area contributed by atoms with E-state index in [1.807, 2.05) is 0 Å². The molecular weight excluding hydrogens is 175 g/mol. The average Bonchev–Trinajstić information content (AvgIpc) is 2.03. The quantitative estimate of drug-likeness (QED) is 0.754. The molecule has 0 unspecified atom stereocenters. The minimum Gasteiger partial charge on any atom is -0.476 e. The van der Waals surface area contributed by atoms with Crippen LogP contribution in [0.15, 0.2) is 12.3 Å². The Morgan fingerprint density at radius 3 is 2.69 bits per heavy atom. The van der Waals surface area contributed by atoms with Crippen LogP contribution in [0.4, 0.5) is 4.39 Å². The second kappa shape index (κ2) is 3.08. The van der Waals surface area contributed by atoms with Crippen LogP contribution in [0, 0.1) is 0 Å². The molecule has 0 aliphatic rings. The lowest BCUT2D eigenvalue weighted by Gasteiger charge is -2.13. The first-order chi connectivity index (χ1) is 5.91. The monoisotopic (exact) mass is 184 g/mol. The molecule has 70 valence electrons. The third-order valence-electron chi connectivity index (χ3n) is 1.56. The molecule has 0 bridgehead atoms. The van der Waals surface area contributed by atoms with Gasteiger partial charge in [0.2, 0.25) is 0 Å². The Labute approximate surface area is 74.4 Å². The molecule has 0 spiro atoms. The number of carbonyl (C=O) groups is 1. The van der Waals surface area contributed by atoms with Crippen molar-refractivity contribution in [2.45, 2.75) is 19.5 Å². The summed E-state index contributed by atoms with van der Waals surface area (Å²) in [6.07, 6.45) is 1.21. The van der Waals surface area contributed by atoms with Gasteiger partial charge in [-0.2, -0.15) is 5.10 Å². The highest BCUT2D eigenvalue weighted by atomic mass is 19.1. The van der Waals surface area contributed by atoms with Gasteiger partial charge in [0.05, 0.1) is 6.20 Å². The van der Waals surface area contributed by atoms with E-state index in [0.29, 0.717) is 0 Å². The third kappa shape index (κ3) is 2.21. The maximum Gasteiger partial charge on any atom is 0.356 e. The molecule has 13 heavy (non-hydrogen) atoms. The van der Waals surface area contributed by atoms with Gasteiger partial charge >= 0.3 is 5.97 Å². The van der Waals surface area contributed by atoms with Crippen LogP contribution in [0.3, 0.4) is 0 Å². The molecule has 0 fully saturated rings. The summed E-state index contributed by atoms with van der Waals surface area (Å²) in [5, 5.41) is 15.3. The van der Waals surface area contributed by atoms with E-state index < -0.39 is 11.6 Å². The van der Waals surface area contributed by atoms with Crippen molar-refractivity contribution in [2.24, 2.45) is 0 Å². The Balaban J connectivity index is 3.13. The second-order valence-corrected chi connectivity index (χ2v) is 3.11. The van der Waals surface area contributed by atoms with Crippen molar-refractivity contribution in [3.8, 4) is 0 Å². The normalized spacial score (nSPS) is 11.3. The van der Waals surface area contributed by atoms with Gasteiger partial charge in [0, 0.05) is 5.56 Å². The molecule has 0 saturated heterocycles. The zero-order chi connectivity index (χ0) is 10.1. The van der Waals surface area contributed by atoms with E-state index in [0.717, 1.165) is 0 Å². The summed E-state index contributed by atoms with van der Waals surface area (Å²) in [4.78, 5) is 10.5. The van der Waals surface area contributed by atoms with E-state index in [1.165, 1.54) is 26.1 Å². The lowest BCUT2D eigenvalue weighted by molar-refractivity contribution is 0.0688. The van der Waals surface area contributed by atoms with Crippen LogP contribution < -0.4 is 0 Å². The summed E-state index contributed by atoms with van der Waals surface area (Å²) >= 11 is 0. The number of halogens is 1. The first kappa shape index (κ1) is 9.57. The molecule has 0 atom stereocenters. The van der Waals surface area contributed by atoms with Crippen molar-refractivity contribution in [3.05, 3.63) is 23.5 Å². The topological polar surface area (TPSA) is 63.1 Å². The molecule has 0 amide bonds. The molecule has 5 heteroatoms. The average molecular weight is 184 g/mol. The van der Waals surface area contributed by atoms with Gasteiger partial charge in [-0.15, -0.1) is 5.10 Å². The largest absolute Gasteiger partial charge is 0.476 e. The van der Waals surface area contributed by atoms with Gasteiger partial charge in [-0.25, -0.2) is 9.18 Å². The van der Waals surface area contributed by atoms with Crippen molar-refractivity contribution in [2.75, 3.05) is 0 Å². The molecule has 4 nitrogen and oxygen atoms in total. The number of hydrogen-bond acceptors (Lipinski definition) is 3. The number of carboxylic acid groups (broad SMARTS) is 1. The summed E-state index contributed by atoms with van der Waals surface area (Å²) in [5.74, 6) is -1.21. The molecule has 0 aliphatic carbocycles. The van der Waals surface area contributed by atoms with Gasteiger partial charge < -0.3 is 5.11 Å². The van der Waals surface area contributed by atoms with Crippen molar-refractivity contribution in [3.63, 3.8) is 0 Å². The minimum atomic E-state index is -1.60. The van der Waals surface area contributed by atoms with Crippen molar-refractivity contribution < 1.29 is 14.3 Å². The standard InChI is InChI=1S/C8H9FN2O2/c1-8(2,9)5-3-6(7(12)13)11-10-4-5/h3-4H,1-2H3,(H,12,13). The van der Waals surface area contributed by atoms with Crippen LogP contribution in [-0.2, 0) is 5.67 Å². The van der Waals surface area contributed by atoms with Gasteiger partial charge in [0.25, 0.3) is 0 Å².